The Kier molecular flexibility index (Phi) is 20.8. The average Bonchev–Trinajstić information content (AvgIpc) is 1.60. The molecule has 0 saturated carbocycles. The van der Waals surface area contributed by atoms with E-state index in [2.05, 4.69) is 515 Å². The molecule has 0 aliphatic carbocycles. The van der Waals surface area contributed by atoms with Gasteiger partial charge >= 0.3 is 0 Å². The van der Waals surface area contributed by atoms with Crippen molar-refractivity contribution < 1.29 is 13.3 Å². The molecule has 0 bridgehead atoms. The molecule has 0 radical (unpaired) electrons. The molecule has 0 unspecified atom stereocenters. The van der Waals surface area contributed by atoms with Crippen LogP contribution in [0.5, 0.6) is 0 Å². The van der Waals surface area contributed by atoms with Gasteiger partial charge in [-0.05, 0) is 284 Å². The van der Waals surface area contributed by atoms with Crippen LogP contribution in [0.2, 0.25) is 0 Å². The molecule has 0 N–H and O–H groups in total. The van der Waals surface area contributed by atoms with Crippen LogP contribution >= 0.6 is 0 Å². The van der Waals surface area contributed by atoms with Gasteiger partial charge in [-0.2, -0.15) is 0 Å². The number of benzene rings is 23. The zero-order valence-corrected chi connectivity index (χ0v) is 77.3. The van der Waals surface area contributed by atoms with Crippen LogP contribution in [-0.4, -0.2) is 0 Å². The van der Waals surface area contributed by atoms with Crippen LogP contribution in [0.3, 0.4) is 0 Å². The van der Waals surface area contributed by atoms with E-state index < -0.39 is 0 Å². The third-order valence-corrected chi connectivity index (χ3v) is 27.9. The van der Waals surface area contributed by atoms with E-state index >= 15 is 0 Å². The largest absolute Gasteiger partial charge is 0.455 e. The molecule has 3 nitrogen and oxygen atoms in total. The lowest BCUT2D eigenvalue weighted by molar-refractivity contribution is 0.590. The maximum Gasteiger partial charge on any atom is 0.143 e. The topological polar surface area (TPSA) is 39.4 Å². The van der Waals surface area contributed by atoms with Gasteiger partial charge in [0.2, 0.25) is 0 Å². The lowest BCUT2D eigenvalue weighted by Gasteiger charge is -2.21. The Hall–Kier alpha value is -17.0. The summed E-state index contributed by atoms with van der Waals surface area (Å²) in [6.07, 6.45) is 0. The standard InChI is InChI=1S/C50H32O.C44H28O.C40H36O/c1-4-14-33(15-5-1)39-29-45(35-18-8-3-9-19-35)49-47(31-39)48-32-40(34-16-6-2-7-17-34)30-46(50(48)51-49)37-26-24-36(25-27-37)44-28-38-20-10-11-21-41(38)42-22-12-13-23-43(42)44;1-3-11-29(12-4-1)33-23-24-43-41(25-33)42-28-35(30-13-5-2-6-14-30)27-40(44(42)45-43)32-21-19-31(20-22-32)39-26-34-15-7-8-16-36(34)37-17-9-10-18-38(37)39;1-39(2,3)28-18-19-37-35(22-28)36-24-29(40(4,5)6)23-34(38(36)41-37)26-14-11-13-25(20-26)33-21-27-12-7-8-15-30(27)31-16-9-10-17-32(31)33/h1-32H;1-28H;7-24H,1-6H3. The van der Waals surface area contributed by atoms with E-state index in [0.29, 0.717) is 0 Å². The summed E-state index contributed by atoms with van der Waals surface area (Å²) in [5.41, 5.74) is 34.0. The summed E-state index contributed by atoms with van der Waals surface area (Å²) in [5, 5.41) is 22.1. The van der Waals surface area contributed by atoms with Gasteiger partial charge in [-0.3, -0.25) is 0 Å². The Labute approximate surface area is 797 Å². The monoisotopic (exact) mass is 1750 g/mol. The minimum absolute atomic E-state index is 0.000326. The highest BCUT2D eigenvalue weighted by Gasteiger charge is 2.27. The Morgan fingerprint density at radius 1 is 0.131 bits per heavy atom. The highest BCUT2D eigenvalue weighted by atomic mass is 16.3. The summed E-state index contributed by atoms with van der Waals surface area (Å²) in [6, 6.07) is 171. The third kappa shape index (κ3) is 15.4. The molecule has 0 amide bonds. The molecule has 23 aromatic carbocycles. The molecule has 137 heavy (non-hydrogen) atoms. The van der Waals surface area contributed by atoms with Crippen LogP contribution in [0.1, 0.15) is 52.7 Å². The average molecular weight is 1750 g/mol. The molecular weight excluding hydrogens is 1660 g/mol. The number of hydrogen-bond donors (Lipinski definition) is 0. The molecule has 0 fully saturated rings. The van der Waals surface area contributed by atoms with Gasteiger partial charge in [-0.15, -0.1) is 0 Å². The van der Waals surface area contributed by atoms with Gasteiger partial charge in [0.05, 0.1) is 0 Å². The lowest BCUT2D eigenvalue weighted by Crippen LogP contribution is -2.11. The van der Waals surface area contributed by atoms with Crippen LogP contribution < -0.4 is 0 Å². The second-order valence-corrected chi connectivity index (χ2v) is 38.5. The summed E-state index contributed by atoms with van der Waals surface area (Å²) in [6.45, 7) is 13.7. The summed E-state index contributed by atoms with van der Waals surface area (Å²) in [4.78, 5) is 0. The van der Waals surface area contributed by atoms with Crippen molar-refractivity contribution >= 4 is 130 Å². The van der Waals surface area contributed by atoms with Gasteiger partial charge in [-0.25, -0.2) is 0 Å². The van der Waals surface area contributed by atoms with Gasteiger partial charge < -0.3 is 13.3 Å². The van der Waals surface area contributed by atoms with Gasteiger partial charge in [0, 0.05) is 54.6 Å². The van der Waals surface area contributed by atoms with E-state index in [1.165, 1.54) is 164 Å². The molecule has 650 valence electrons. The predicted molar refractivity (Wildman–Crippen MR) is 583 cm³/mol. The first-order valence-corrected chi connectivity index (χ1v) is 47.5. The summed E-state index contributed by atoms with van der Waals surface area (Å²) in [7, 11) is 0. The first-order chi connectivity index (χ1) is 67.2. The normalized spacial score (nSPS) is 11.9. The summed E-state index contributed by atoms with van der Waals surface area (Å²) >= 11 is 0. The number of furan rings is 3. The molecule has 0 spiro atoms. The molecule has 0 atom stereocenters. The Morgan fingerprint density at radius 3 is 0.781 bits per heavy atom. The molecular formula is C134H96O3. The molecule has 3 heteroatoms. The first kappa shape index (κ1) is 83.1. The van der Waals surface area contributed by atoms with E-state index in [4.69, 9.17) is 13.3 Å². The minimum Gasteiger partial charge on any atom is -0.455 e. The van der Waals surface area contributed by atoms with Crippen LogP contribution in [-0.2, 0) is 10.8 Å². The van der Waals surface area contributed by atoms with E-state index in [9.17, 15) is 0 Å². The van der Waals surface area contributed by atoms with Crippen molar-refractivity contribution in [2.75, 3.05) is 0 Å². The van der Waals surface area contributed by atoms with Crippen molar-refractivity contribution in [3.05, 3.63) is 484 Å². The molecule has 0 aliphatic heterocycles. The fourth-order valence-corrected chi connectivity index (χ4v) is 20.7. The quantitative estimate of drug-likeness (QED) is 0.121. The highest BCUT2D eigenvalue weighted by Crippen LogP contribution is 2.50. The second kappa shape index (κ2) is 34.2. The van der Waals surface area contributed by atoms with Crippen molar-refractivity contribution in [1.29, 1.82) is 0 Å². The van der Waals surface area contributed by atoms with E-state index in [0.717, 1.165) is 99.6 Å². The smallest absolute Gasteiger partial charge is 0.143 e. The van der Waals surface area contributed by atoms with Crippen molar-refractivity contribution in [3.8, 4) is 122 Å². The Bertz CT molecular complexity index is 9160. The van der Waals surface area contributed by atoms with Gasteiger partial charge in [0.15, 0.2) is 0 Å². The van der Waals surface area contributed by atoms with Crippen LogP contribution in [0.25, 0.3) is 253 Å². The number of hydrogen-bond acceptors (Lipinski definition) is 3. The van der Waals surface area contributed by atoms with E-state index in [-0.39, 0.29) is 10.8 Å². The number of fused-ring (bicyclic) bond motifs is 18. The molecule has 26 rings (SSSR count). The van der Waals surface area contributed by atoms with Crippen molar-refractivity contribution in [2.45, 2.75) is 52.4 Å². The van der Waals surface area contributed by atoms with Crippen molar-refractivity contribution in [2.24, 2.45) is 0 Å². The van der Waals surface area contributed by atoms with Crippen LogP contribution in [0.4, 0.5) is 0 Å². The van der Waals surface area contributed by atoms with Crippen LogP contribution in [0, 0.1) is 0 Å². The SMILES string of the molecule is CC(C)(C)c1ccc2oc3c(-c4cccc(-c5cc6ccccc6c6ccccc56)c4)cc(C(C)(C)C)cc3c2c1.c1ccc(-c2cc(-c3ccccc3)c3oc4c(-c5ccc(-c6cc7ccccc7c7ccccc67)cc5)cc(-c5ccccc5)cc4c3c2)cc1.c1ccc(-c2ccc3oc4c(-c5ccc(-c6cc7ccccc7c7ccccc67)cc5)cc(-c5ccccc5)cc4c3c2)cc1. The van der Waals surface area contributed by atoms with E-state index in [1.807, 2.05) is 0 Å². The van der Waals surface area contributed by atoms with Crippen molar-refractivity contribution in [1.82, 2.24) is 0 Å². The van der Waals surface area contributed by atoms with E-state index in [1.54, 1.807) is 0 Å². The summed E-state index contributed by atoms with van der Waals surface area (Å²) in [5.74, 6) is 0. The Morgan fingerprint density at radius 2 is 0.387 bits per heavy atom. The molecule has 3 heterocycles. The lowest BCUT2D eigenvalue weighted by atomic mass is 9.83. The highest BCUT2D eigenvalue weighted by molar-refractivity contribution is 6.20. The second-order valence-electron chi connectivity index (χ2n) is 38.5. The van der Waals surface area contributed by atoms with Gasteiger partial charge in [0.1, 0.15) is 33.5 Å². The Balaban J connectivity index is 0.000000113. The predicted octanol–water partition coefficient (Wildman–Crippen LogP) is 38.6. The fourth-order valence-electron chi connectivity index (χ4n) is 20.7. The number of rotatable bonds is 11. The maximum absolute atomic E-state index is 7.03. The molecule has 3 aromatic heterocycles. The summed E-state index contributed by atoms with van der Waals surface area (Å²) < 4.78 is 20.3. The van der Waals surface area contributed by atoms with Crippen LogP contribution in [0.15, 0.2) is 486 Å². The van der Waals surface area contributed by atoms with Crippen molar-refractivity contribution in [3.63, 3.8) is 0 Å². The third-order valence-electron chi connectivity index (χ3n) is 27.9. The fraction of sp³-hybridized carbons (Fsp3) is 0.0597. The first-order valence-electron chi connectivity index (χ1n) is 47.5. The van der Waals surface area contributed by atoms with Gasteiger partial charge in [0.25, 0.3) is 0 Å². The zero-order valence-electron chi connectivity index (χ0n) is 77.3. The van der Waals surface area contributed by atoms with Gasteiger partial charge in [-0.1, -0.05) is 418 Å². The molecule has 0 aliphatic rings. The maximum atomic E-state index is 7.03. The molecule has 0 saturated heterocycles. The molecule has 26 aromatic rings. The zero-order chi connectivity index (χ0) is 92.0. The minimum atomic E-state index is 0.000326.